The Hall–Kier alpha value is -1.80. The Labute approximate surface area is 112 Å². The van der Waals surface area contributed by atoms with Crippen molar-refractivity contribution >= 4 is 5.97 Å². The van der Waals surface area contributed by atoms with Crippen molar-refractivity contribution in [3.63, 3.8) is 0 Å². The minimum atomic E-state index is -4.57. The molecule has 8 heteroatoms. The summed E-state index contributed by atoms with van der Waals surface area (Å²) >= 11 is 0. The van der Waals surface area contributed by atoms with Crippen molar-refractivity contribution in [2.45, 2.75) is 18.4 Å². The van der Waals surface area contributed by atoms with Crippen molar-refractivity contribution in [2.75, 3.05) is 14.2 Å². The van der Waals surface area contributed by atoms with Gasteiger partial charge in [-0.05, 0) is 12.1 Å². The zero-order chi connectivity index (χ0) is 15.5. The third kappa shape index (κ3) is 3.40. The number of carbonyl (C=O) groups is 1. The topological polar surface area (TPSA) is 76.0 Å². The minimum absolute atomic E-state index is 0.154. The van der Waals surface area contributed by atoms with Gasteiger partial charge >= 0.3 is 12.1 Å². The van der Waals surface area contributed by atoms with Crippen molar-refractivity contribution in [1.29, 1.82) is 0 Å². The SMILES string of the molecule is COC(=O)C(O)C(O)c1ccc(C(F)(F)F)cc1OC. The van der Waals surface area contributed by atoms with Crippen LogP contribution in [0.4, 0.5) is 13.2 Å². The van der Waals surface area contributed by atoms with Crippen LogP contribution in [-0.4, -0.2) is 36.5 Å². The molecule has 1 aromatic rings. The second-order valence-corrected chi connectivity index (χ2v) is 3.87. The molecule has 0 spiro atoms. The van der Waals surface area contributed by atoms with Crippen LogP contribution < -0.4 is 4.74 Å². The van der Waals surface area contributed by atoms with Crippen molar-refractivity contribution < 1.29 is 37.7 Å². The largest absolute Gasteiger partial charge is 0.496 e. The minimum Gasteiger partial charge on any atom is -0.496 e. The fourth-order valence-corrected chi connectivity index (χ4v) is 1.55. The highest BCUT2D eigenvalue weighted by Crippen LogP contribution is 2.35. The fourth-order valence-electron chi connectivity index (χ4n) is 1.55. The van der Waals surface area contributed by atoms with E-state index in [4.69, 9.17) is 4.74 Å². The standard InChI is InChI=1S/C12H13F3O5/c1-19-8-5-6(12(13,14)15)3-4-7(8)9(16)10(17)11(18)20-2/h3-5,9-10,16-17H,1-2H3. The van der Waals surface area contributed by atoms with Gasteiger partial charge in [-0.15, -0.1) is 0 Å². The number of aliphatic hydroxyl groups excluding tert-OH is 2. The third-order valence-electron chi connectivity index (χ3n) is 2.62. The average Bonchev–Trinajstić information content (AvgIpc) is 2.43. The molecule has 0 saturated carbocycles. The lowest BCUT2D eigenvalue weighted by Crippen LogP contribution is -2.29. The molecular weight excluding hydrogens is 281 g/mol. The molecule has 5 nitrogen and oxygen atoms in total. The monoisotopic (exact) mass is 294 g/mol. The molecule has 0 amide bonds. The van der Waals surface area contributed by atoms with Crippen LogP contribution in [0.5, 0.6) is 5.75 Å². The summed E-state index contributed by atoms with van der Waals surface area (Å²) in [6.07, 6.45) is -8.26. The summed E-state index contributed by atoms with van der Waals surface area (Å²) < 4.78 is 46.6. The van der Waals surface area contributed by atoms with Crippen molar-refractivity contribution in [3.8, 4) is 5.75 Å². The summed E-state index contributed by atoms with van der Waals surface area (Å²) in [5.74, 6) is -1.41. The van der Waals surface area contributed by atoms with Gasteiger partial charge in [0.1, 0.15) is 11.9 Å². The number of rotatable bonds is 4. The van der Waals surface area contributed by atoms with Crippen LogP contribution in [0.15, 0.2) is 18.2 Å². The van der Waals surface area contributed by atoms with Gasteiger partial charge in [-0.2, -0.15) is 13.2 Å². The Morgan fingerprint density at radius 3 is 2.30 bits per heavy atom. The fraction of sp³-hybridized carbons (Fsp3) is 0.417. The molecule has 0 aliphatic rings. The first kappa shape index (κ1) is 16.3. The number of aliphatic hydroxyl groups is 2. The molecule has 0 aliphatic carbocycles. The summed E-state index contributed by atoms with van der Waals surface area (Å²) in [5, 5.41) is 19.3. The zero-order valence-electron chi connectivity index (χ0n) is 10.6. The predicted octanol–water partition coefficient (Wildman–Crippen LogP) is 1.28. The van der Waals surface area contributed by atoms with E-state index in [0.29, 0.717) is 12.1 Å². The number of esters is 1. The highest BCUT2D eigenvalue weighted by molar-refractivity contribution is 5.75. The van der Waals surface area contributed by atoms with E-state index in [2.05, 4.69) is 4.74 Å². The van der Waals surface area contributed by atoms with E-state index in [-0.39, 0.29) is 11.3 Å². The van der Waals surface area contributed by atoms with E-state index >= 15 is 0 Å². The van der Waals surface area contributed by atoms with E-state index in [1.165, 1.54) is 0 Å². The van der Waals surface area contributed by atoms with Gasteiger partial charge in [-0.25, -0.2) is 4.79 Å². The lowest BCUT2D eigenvalue weighted by molar-refractivity contribution is -0.157. The third-order valence-corrected chi connectivity index (χ3v) is 2.62. The first-order valence-corrected chi connectivity index (χ1v) is 5.41. The van der Waals surface area contributed by atoms with E-state index in [1.54, 1.807) is 0 Å². The van der Waals surface area contributed by atoms with Gasteiger partial charge in [0.2, 0.25) is 0 Å². The van der Waals surface area contributed by atoms with Gasteiger partial charge in [-0.1, -0.05) is 6.07 Å². The molecular formula is C12H13F3O5. The number of hydrogen-bond acceptors (Lipinski definition) is 5. The van der Waals surface area contributed by atoms with Gasteiger partial charge in [0.05, 0.1) is 19.8 Å². The van der Waals surface area contributed by atoms with E-state index in [0.717, 1.165) is 20.3 Å². The van der Waals surface area contributed by atoms with E-state index in [1.807, 2.05) is 0 Å². The average molecular weight is 294 g/mol. The Kier molecular flexibility index (Phi) is 4.96. The second kappa shape index (κ2) is 6.10. The molecule has 0 bridgehead atoms. The summed E-state index contributed by atoms with van der Waals surface area (Å²) in [5.41, 5.74) is -1.13. The summed E-state index contributed by atoms with van der Waals surface area (Å²) in [7, 11) is 2.11. The van der Waals surface area contributed by atoms with Crippen LogP contribution in [0.25, 0.3) is 0 Å². The number of carbonyl (C=O) groups excluding carboxylic acids is 1. The lowest BCUT2D eigenvalue weighted by Gasteiger charge is -2.19. The van der Waals surface area contributed by atoms with Crippen LogP contribution in [0.1, 0.15) is 17.2 Å². The van der Waals surface area contributed by atoms with Crippen molar-refractivity contribution in [1.82, 2.24) is 0 Å². The maximum atomic E-state index is 12.5. The Bertz CT molecular complexity index is 486. The molecule has 0 aromatic heterocycles. The number of hydrogen-bond donors (Lipinski definition) is 2. The Balaban J connectivity index is 3.16. The maximum Gasteiger partial charge on any atom is 0.416 e. The maximum absolute atomic E-state index is 12.5. The normalized spacial score (nSPS) is 14.6. The second-order valence-electron chi connectivity index (χ2n) is 3.87. The van der Waals surface area contributed by atoms with Crippen molar-refractivity contribution in [3.05, 3.63) is 29.3 Å². The molecule has 0 saturated heterocycles. The van der Waals surface area contributed by atoms with Gasteiger partial charge in [0.25, 0.3) is 0 Å². The summed E-state index contributed by atoms with van der Waals surface area (Å²) in [6, 6.07) is 2.31. The van der Waals surface area contributed by atoms with Crippen LogP contribution in [0.3, 0.4) is 0 Å². The van der Waals surface area contributed by atoms with E-state index < -0.39 is 29.9 Å². The van der Waals surface area contributed by atoms with Crippen LogP contribution in [0, 0.1) is 0 Å². The Morgan fingerprint density at radius 2 is 1.85 bits per heavy atom. The zero-order valence-corrected chi connectivity index (χ0v) is 10.6. The summed E-state index contributed by atoms with van der Waals surface area (Å²) in [6.45, 7) is 0. The molecule has 112 valence electrons. The predicted molar refractivity (Wildman–Crippen MR) is 61.0 cm³/mol. The number of ether oxygens (including phenoxy) is 2. The molecule has 2 atom stereocenters. The first-order valence-electron chi connectivity index (χ1n) is 5.41. The van der Waals surface area contributed by atoms with Gasteiger partial charge in [0.15, 0.2) is 6.10 Å². The quantitative estimate of drug-likeness (QED) is 0.818. The van der Waals surface area contributed by atoms with Crippen LogP contribution in [0.2, 0.25) is 0 Å². The van der Waals surface area contributed by atoms with Gasteiger partial charge < -0.3 is 19.7 Å². The van der Waals surface area contributed by atoms with Gasteiger partial charge in [0, 0.05) is 5.56 Å². The highest BCUT2D eigenvalue weighted by atomic mass is 19.4. The molecule has 1 aromatic carbocycles. The number of methoxy groups -OCH3 is 2. The molecule has 2 unspecified atom stereocenters. The molecule has 0 fully saturated rings. The Morgan fingerprint density at radius 1 is 1.25 bits per heavy atom. The molecule has 20 heavy (non-hydrogen) atoms. The molecule has 1 rings (SSSR count). The molecule has 0 aliphatic heterocycles. The smallest absolute Gasteiger partial charge is 0.416 e. The highest BCUT2D eigenvalue weighted by Gasteiger charge is 2.34. The molecule has 2 N–H and O–H groups in total. The van der Waals surface area contributed by atoms with Crippen molar-refractivity contribution in [2.24, 2.45) is 0 Å². The van der Waals surface area contributed by atoms with Crippen LogP contribution in [-0.2, 0) is 15.7 Å². The molecule has 0 radical (unpaired) electrons. The van der Waals surface area contributed by atoms with E-state index in [9.17, 15) is 28.2 Å². The van der Waals surface area contributed by atoms with Crippen LogP contribution >= 0.6 is 0 Å². The first-order chi connectivity index (χ1) is 9.22. The number of alkyl halides is 3. The molecule has 0 heterocycles. The lowest BCUT2D eigenvalue weighted by atomic mass is 10.0. The van der Waals surface area contributed by atoms with Gasteiger partial charge in [-0.3, -0.25) is 0 Å². The number of benzene rings is 1. The summed E-state index contributed by atoms with van der Waals surface area (Å²) in [4.78, 5) is 11.1. The number of halogens is 3.